The number of allylic oxidation sites excluding steroid dienone is 2. The van der Waals surface area contributed by atoms with Crippen LogP contribution in [-0.2, 0) is 4.57 Å². The zero-order valence-electron chi connectivity index (χ0n) is 25.3. The summed E-state index contributed by atoms with van der Waals surface area (Å²) >= 11 is 0. The van der Waals surface area contributed by atoms with E-state index in [-0.39, 0.29) is 34.1 Å². The number of aryl methyl sites for hydroxylation is 2. The minimum atomic E-state index is -5.15. The highest BCUT2D eigenvalue weighted by Crippen LogP contribution is 2.50. The van der Waals surface area contributed by atoms with Gasteiger partial charge in [0, 0.05) is 24.3 Å². The van der Waals surface area contributed by atoms with Gasteiger partial charge in [-0.2, -0.15) is 0 Å². The van der Waals surface area contributed by atoms with E-state index in [0.29, 0.717) is 23.0 Å². The summed E-state index contributed by atoms with van der Waals surface area (Å²) in [5.41, 5.74) is -0.404. The number of ether oxygens (including phenoxy) is 4. The molecule has 236 valence electrons. The van der Waals surface area contributed by atoms with Crippen molar-refractivity contribution in [1.29, 1.82) is 0 Å². The van der Waals surface area contributed by atoms with Crippen LogP contribution in [0.3, 0.4) is 0 Å². The van der Waals surface area contributed by atoms with E-state index < -0.39 is 30.9 Å². The maximum Gasteiger partial charge on any atom is 0.584 e. The highest BCUT2D eigenvalue weighted by molar-refractivity contribution is 7.48. The first-order chi connectivity index (χ1) is 21.5. The van der Waals surface area contributed by atoms with Crippen molar-refractivity contribution < 1.29 is 55.9 Å². The van der Waals surface area contributed by atoms with E-state index in [1.54, 1.807) is 38.1 Å². The second kappa shape index (κ2) is 14.1. The third-order valence-corrected chi connectivity index (χ3v) is 7.09. The Morgan fingerprint density at radius 2 is 1.02 bits per heavy atom. The largest absolute Gasteiger partial charge is 0.584 e. The molecule has 13 heteroatoms. The number of phosphoric acid groups is 1. The van der Waals surface area contributed by atoms with E-state index in [4.69, 9.17) is 36.8 Å². The molecule has 0 aliphatic heterocycles. The number of benzene rings is 2. The molecule has 1 N–H and O–H groups in total. The van der Waals surface area contributed by atoms with Crippen molar-refractivity contribution in [3.8, 4) is 34.5 Å². The summed E-state index contributed by atoms with van der Waals surface area (Å²) in [5.74, 6) is 0.332. The number of ketones is 2. The van der Waals surface area contributed by atoms with Gasteiger partial charge in [0.15, 0.2) is 23.1 Å². The molecular weight excluding hydrogens is 607 g/mol. The molecule has 0 bridgehead atoms. The Kier molecular flexibility index (Phi) is 10.2. The summed E-state index contributed by atoms with van der Waals surface area (Å²) in [7, 11) is 0.172. The number of furan rings is 2. The molecule has 0 radical (unpaired) electrons. The van der Waals surface area contributed by atoms with Crippen LogP contribution in [0.25, 0.3) is 12.2 Å². The summed E-state index contributed by atoms with van der Waals surface area (Å²) in [5, 5.41) is 0. The fourth-order valence-corrected chi connectivity index (χ4v) is 4.98. The second-order valence-electron chi connectivity index (χ2n) is 9.35. The van der Waals surface area contributed by atoms with Crippen LogP contribution >= 0.6 is 7.82 Å². The molecule has 0 aliphatic rings. The SMILES string of the molecule is COc1cc(OC)c(C(=O)C=Cc2ccc(C)o2)c(OP(=O)(O)Oc2cc(OC)cc(OC)c2C(=O)C=Cc2ccc(C)o2)c1. The first-order valence-corrected chi connectivity index (χ1v) is 14.8. The normalized spacial score (nSPS) is 12.6. The van der Waals surface area contributed by atoms with Crippen LogP contribution in [0.4, 0.5) is 0 Å². The smallest absolute Gasteiger partial charge is 0.496 e. The van der Waals surface area contributed by atoms with Gasteiger partial charge in [0.1, 0.15) is 57.2 Å². The van der Waals surface area contributed by atoms with Crippen molar-refractivity contribution in [2.45, 2.75) is 13.8 Å². The van der Waals surface area contributed by atoms with Gasteiger partial charge in [-0.3, -0.25) is 14.5 Å². The number of hydrogen-bond donors (Lipinski definition) is 1. The number of phosphoric ester groups is 1. The molecule has 2 aromatic carbocycles. The van der Waals surface area contributed by atoms with Gasteiger partial charge >= 0.3 is 7.82 Å². The topological polar surface area (TPSA) is 153 Å². The average Bonchev–Trinajstić information content (AvgIpc) is 3.63. The minimum absolute atomic E-state index is 0.00755. The van der Waals surface area contributed by atoms with Gasteiger partial charge in [-0.15, -0.1) is 0 Å². The zero-order valence-corrected chi connectivity index (χ0v) is 26.2. The van der Waals surface area contributed by atoms with Gasteiger partial charge in [0.2, 0.25) is 0 Å². The maximum absolute atomic E-state index is 13.5. The lowest BCUT2D eigenvalue weighted by Gasteiger charge is -2.20. The molecule has 0 atom stereocenters. The summed E-state index contributed by atoms with van der Waals surface area (Å²) in [6.07, 6.45) is 5.23. The van der Waals surface area contributed by atoms with Crippen LogP contribution in [0.5, 0.6) is 34.5 Å². The van der Waals surface area contributed by atoms with Gasteiger partial charge in [0.05, 0.1) is 28.4 Å². The van der Waals surface area contributed by atoms with Crippen LogP contribution < -0.4 is 28.0 Å². The number of methoxy groups -OCH3 is 4. The Morgan fingerprint density at radius 3 is 1.33 bits per heavy atom. The lowest BCUT2D eigenvalue weighted by Crippen LogP contribution is -2.09. The summed E-state index contributed by atoms with van der Waals surface area (Å²) in [4.78, 5) is 37.6. The summed E-state index contributed by atoms with van der Waals surface area (Å²) in [6, 6.07) is 12.1. The minimum Gasteiger partial charge on any atom is -0.496 e. The van der Waals surface area contributed by atoms with Crippen molar-refractivity contribution >= 4 is 31.5 Å². The molecule has 0 amide bonds. The fraction of sp³-hybridized carbons (Fsp3) is 0.188. The van der Waals surface area contributed by atoms with Gasteiger partial charge in [-0.05, 0) is 62.4 Å². The molecule has 0 fully saturated rings. The Labute approximate surface area is 259 Å². The molecule has 0 spiro atoms. The van der Waals surface area contributed by atoms with E-state index in [1.807, 2.05) is 0 Å². The number of carbonyl (C=O) groups is 2. The first-order valence-electron chi connectivity index (χ1n) is 13.3. The Balaban J connectivity index is 1.73. The third kappa shape index (κ3) is 8.05. The lowest BCUT2D eigenvalue weighted by molar-refractivity contribution is 0.103. The van der Waals surface area contributed by atoms with Crippen molar-refractivity contribution in [2.24, 2.45) is 0 Å². The Morgan fingerprint density at radius 1 is 0.644 bits per heavy atom. The molecule has 2 heterocycles. The van der Waals surface area contributed by atoms with E-state index in [9.17, 15) is 19.0 Å². The Hall–Kier alpha value is -5.19. The van der Waals surface area contributed by atoms with Crippen LogP contribution in [0.2, 0.25) is 0 Å². The zero-order chi connectivity index (χ0) is 32.7. The number of hydrogen-bond acceptors (Lipinski definition) is 11. The van der Waals surface area contributed by atoms with E-state index >= 15 is 0 Å². The van der Waals surface area contributed by atoms with Crippen LogP contribution in [0, 0.1) is 13.8 Å². The van der Waals surface area contributed by atoms with Crippen LogP contribution in [0.1, 0.15) is 43.8 Å². The molecule has 4 aromatic rings. The van der Waals surface area contributed by atoms with Crippen LogP contribution in [-0.4, -0.2) is 44.9 Å². The molecule has 2 aromatic heterocycles. The first kappa shape index (κ1) is 32.7. The Bertz CT molecular complexity index is 1680. The molecule has 0 aliphatic carbocycles. The number of rotatable bonds is 14. The second-order valence-corrected chi connectivity index (χ2v) is 10.7. The summed E-state index contributed by atoms with van der Waals surface area (Å²) in [6.45, 7) is 3.51. The number of carbonyl (C=O) groups excluding carboxylic acids is 2. The van der Waals surface area contributed by atoms with Gasteiger partial charge in [-0.1, -0.05) is 0 Å². The third-order valence-electron chi connectivity index (χ3n) is 6.23. The molecule has 12 nitrogen and oxygen atoms in total. The lowest BCUT2D eigenvalue weighted by atomic mass is 10.1. The fourth-order valence-electron chi connectivity index (χ4n) is 4.15. The standard InChI is InChI=1S/C32H31O12P/c1-19-7-9-21(41-19)11-13-25(33)31-27(39-5)15-23(37-3)17-29(31)43-45(35,36)44-30-18-24(38-4)16-28(40-6)32(30)26(34)14-12-22-10-8-20(2)42-22/h7-18H,1-6H3,(H,35,36). The van der Waals surface area contributed by atoms with Crippen LogP contribution in [0.15, 0.2) is 69.5 Å². The van der Waals surface area contributed by atoms with E-state index in [2.05, 4.69) is 0 Å². The molecule has 45 heavy (non-hydrogen) atoms. The van der Waals surface area contributed by atoms with Crippen molar-refractivity contribution in [3.63, 3.8) is 0 Å². The van der Waals surface area contributed by atoms with Gasteiger partial charge in [0.25, 0.3) is 0 Å². The predicted molar refractivity (Wildman–Crippen MR) is 164 cm³/mol. The molecule has 0 saturated carbocycles. The highest BCUT2D eigenvalue weighted by atomic mass is 31.2. The highest BCUT2D eigenvalue weighted by Gasteiger charge is 2.33. The average molecular weight is 639 g/mol. The van der Waals surface area contributed by atoms with Gasteiger partial charge in [-0.25, -0.2) is 4.57 Å². The van der Waals surface area contributed by atoms with Crippen molar-refractivity contribution in [2.75, 3.05) is 28.4 Å². The molecule has 0 unspecified atom stereocenters. The molecule has 4 rings (SSSR count). The summed E-state index contributed by atoms with van der Waals surface area (Å²) < 4.78 is 56.6. The van der Waals surface area contributed by atoms with E-state index in [1.165, 1.54) is 77.0 Å². The maximum atomic E-state index is 13.5. The quantitative estimate of drug-likeness (QED) is 0.0871. The predicted octanol–water partition coefficient (Wildman–Crippen LogP) is 6.87. The van der Waals surface area contributed by atoms with Gasteiger partial charge < -0.3 is 36.8 Å². The molecular formula is C32H31O12P. The van der Waals surface area contributed by atoms with Crippen molar-refractivity contribution in [1.82, 2.24) is 0 Å². The van der Waals surface area contributed by atoms with Crippen molar-refractivity contribution in [3.05, 3.63) is 94.9 Å². The van der Waals surface area contributed by atoms with E-state index in [0.717, 1.165) is 0 Å². The monoisotopic (exact) mass is 638 g/mol. The molecule has 0 saturated heterocycles.